The smallest absolute Gasteiger partial charge is 0.223 e. The number of hydrogen-bond donors (Lipinski definition) is 1. The summed E-state index contributed by atoms with van der Waals surface area (Å²) >= 11 is 3.08. The molecule has 106 valence electrons. The van der Waals surface area contributed by atoms with E-state index in [0.717, 1.165) is 33.9 Å². The van der Waals surface area contributed by atoms with Crippen LogP contribution >= 0.6 is 23.1 Å². The van der Waals surface area contributed by atoms with Gasteiger partial charge in [-0.1, -0.05) is 18.2 Å². The molecule has 0 saturated carbocycles. The Morgan fingerprint density at radius 1 is 1.33 bits per heavy atom. The second-order valence-electron chi connectivity index (χ2n) is 4.65. The molecule has 0 atom stereocenters. The molecular formula is C15H13N3OS2. The van der Waals surface area contributed by atoms with Gasteiger partial charge in [-0.25, -0.2) is 4.98 Å². The molecule has 4 rings (SSSR count). The van der Waals surface area contributed by atoms with Gasteiger partial charge in [0, 0.05) is 36.2 Å². The van der Waals surface area contributed by atoms with Gasteiger partial charge in [0.15, 0.2) is 5.01 Å². The molecule has 0 fully saturated rings. The first-order valence-electron chi connectivity index (χ1n) is 6.57. The number of nitrogens with one attached hydrogen (secondary N) is 1. The number of aromatic amines is 1. The van der Waals surface area contributed by atoms with Crippen LogP contribution in [0.5, 0.6) is 0 Å². The number of rotatable bonds is 3. The minimum absolute atomic E-state index is 0. The molecule has 1 aliphatic heterocycles. The molecule has 0 amide bonds. The second-order valence-corrected chi connectivity index (χ2v) is 6.59. The zero-order valence-electron chi connectivity index (χ0n) is 11.0. The summed E-state index contributed by atoms with van der Waals surface area (Å²) in [4.78, 5) is 24.6. The summed E-state index contributed by atoms with van der Waals surface area (Å²) in [6.07, 6.45) is 1.76. The van der Waals surface area contributed by atoms with E-state index in [1.54, 1.807) is 18.0 Å². The van der Waals surface area contributed by atoms with Crippen molar-refractivity contribution in [3.8, 4) is 0 Å². The van der Waals surface area contributed by atoms with Crippen LogP contribution < -0.4 is 0 Å². The fourth-order valence-electron chi connectivity index (χ4n) is 2.34. The maximum Gasteiger partial charge on any atom is 0.223 e. The molecular weight excluding hydrogens is 302 g/mol. The Hall–Kier alpha value is -1.92. The number of benzene rings is 1. The summed E-state index contributed by atoms with van der Waals surface area (Å²) in [6.45, 7) is 0.837. The molecule has 1 aromatic carbocycles. The molecule has 6 heteroatoms. The summed E-state index contributed by atoms with van der Waals surface area (Å²) in [5.41, 5.74) is 2.46. The highest BCUT2D eigenvalue weighted by Gasteiger charge is 2.20. The maximum absolute atomic E-state index is 12.6. The van der Waals surface area contributed by atoms with Crippen molar-refractivity contribution in [2.24, 2.45) is 4.99 Å². The van der Waals surface area contributed by atoms with E-state index in [2.05, 4.69) is 15.0 Å². The lowest BCUT2D eigenvalue weighted by Crippen LogP contribution is -2.01. The fourth-order valence-corrected chi connectivity index (χ4v) is 3.98. The number of carbonyl (C=O) groups is 1. The molecule has 0 radical (unpaired) electrons. The quantitative estimate of drug-likeness (QED) is 0.751. The number of para-hydroxylation sites is 1. The van der Waals surface area contributed by atoms with Crippen LogP contribution in [0.1, 0.15) is 22.5 Å². The van der Waals surface area contributed by atoms with E-state index in [-0.39, 0.29) is 7.21 Å². The summed E-state index contributed by atoms with van der Waals surface area (Å²) in [5.74, 6) is 0.964. The number of ketones is 1. The summed E-state index contributed by atoms with van der Waals surface area (Å²) in [7, 11) is 0. The van der Waals surface area contributed by atoms with Crippen LogP contribution in [-0.2, 0) is 0 Å². The van der Waals surface area contributed by atoms with Crippen molar-refractivity contribution in [1.29, 1.82) is 0 Å². The normalized spacial score (nSPS) is 14.6. The van der Waals surface area contributed by atoms with E-state index in [0.29, 0.717) is 10.6 Å². The minimum Gasteiger partial charge on any atom is -0.360 e. The van der Waals surface area contributed by atoms with Gasteiger partial charge in [0.1, 0.15) is 10.7 Å². The third-order valence-electron chi connectivity index (χ3n) is 3.34. The molecule has 1 N–H and O–H groups in total. The number of H-pyrrole nitrogens is 1. The molecule has 0 unspecified atom stereocenters. The van der Waals surface area contributed by atoms with E-state index < -0.39 is 0 Å². The Bertz CT molecular complexity index is 868. The molecule has 2 aromatic heterocycles. The number of aromatic nitrogens is 2. The average molecular weight is 315 g/mol. The van der Waals surface area contributed by atoms with Crippen molar-refractivity contribution in [2.75, 3.05) is 12.3 Å². The molecule has 0 spiro atoms. The van der Waals surface area contributed by atoms with Crippen LogP contribution in [0.25, 0.3) is 10.9 Å². The molecule has 1 aliphatic rings. The first-order chi connectivity index (χ1) is 10.3. The predicted octanol–water partition coefficient (Wildman–Crippen LogP) is 3.59. The van der Waals surface area contributed by atoms with Gasteiger partial charge < -0.3 is 4.98 Å². The van der Waals surface area contributed by atoms with E-state index in [1.165, 1.54) is 11.3 Å². The van der Waals surface area contributed by atoms with E-state index in [1.807, 2.05) is 29.6 Å². The van der Waals surface area contributed by atoms with Crippen LogP contribution in [0.3, 0.4) is 0 Å². The first-order valence-corrected chi connectivity index (χ1v) is 8.43. The van der Waals surface area contributed by atoms with Gasteiger partial charge in [-0.05, 0) is 6.07 Å². The van der Waals surface area contributed by atoms with Crippen molar-refractivity contribution in [1.82, 2.24) is 9.97 Å². The zero-order valence-corrected chi connectivity index (χ0v) is 12.6. The Kier molecular flexibility index (Phi) is 3.12. The van der Waals surface area contributed by atoms with Crippen molar-refractivity contribution >= 4 is 44.8 Å². The molecule has 3 heterocycles. The van der Waals surface area contributed by atoms with Crippen LogP contribution in [0.2, 0.25) is 0 Å². The van der Waals surface area contributed by atoms with Crippen molar-refractivity contribution in [2.45, 2.75) is 0 Å². The number of carbonyl (C=O) groups excluding carboxylic acids is 1. The second kappa shape index (κ2) is 5.13. The Labute approximate surface area is 130 Å². The molecule has 0 aliphatic carbocycles. The number of thiazole rings is 1. The number of fused-ring (bicyclic) bond motifs is 1. The number of thioether (sulfide) groups is 1. The minimum atomic E-state index is -0.0349. The van der Waals surface area contributed by atoms with E-state index in [9.17, 15) is 4.79 Å². The predicted molar refractivity (Wildman–Crippen MR) is 89.8 cm³/mol. The third kappa shape index (κ3) is 2.20. The zero-order chi connectivity index (χ0) is 14.2. The largest absolute Gasteiger partial charge is 0.360 e. The van der Waals surface area contributed by atoms with Gasteiger partial charge in [0.2, 0.25) is 5.78 Å². The van der Waals surface area contributed by atoms with Gasteiger partial charge in [-0.2, -0.15) is 0 Å². The summed E-state index contributed by atoms with van der Waals surface area (Å²) < 4.78 is 0. The van der Waals surface area contributed by atoms with E-state index >= 15 is 0 Å². The van der Waals surface area contributed by atoms with E-state index in [4.69, 9.17) is 0 Å². The Morgan fingerprint density at radius 3 is 3.10 bits per heavy atom. The van der Waals surface area contributed by atoms with Crippen molar-refractivity contribution in [3.05, 3.63) is 52.1 Å². The molecule has 3 aromatic rings. The Morgan fingerprint density at radius 2 is 2.24 bits per heavy atom. The van der Waals surface area contributed by atoms with Crippen LogP contribution in [-0.4, -0.2) is 33.1 Å². The highest BCUT2D eigenvalue weighted by Crippen LogP contribution is 2.25. The molecule has 0 saturated heterocycles. The van der Waals surface area contributed by atoms with Gasteiger partial charge >= 0.3 is 0 Å². The van der Waals surface area contributed by atoms with Crippen LogP contribution in [0.15, 0.2) is 40.8 Å². The third-order valence-corrected chi connectivity index (χ3v) is 5.18. The number of hydrogen-bond acceptors (Lipinski definition) is 5. The van der Waals surface area contributed by atoms with Crippen molar-refractivity contribution in [3.63, 3.8) is 0 Å². The van der Waals surface area contributed by atoms with Crippen molar-refractivity contribution < 1.29 is 6.22 Å². The summed E-state index contributed by atoms with van der Waals surface area (Å²) in [5, 5.41) is 4.32. The average Bonchev–Trinajstić information content (AvgIpc) is 3.25. The highest BCUT2D eigenvalue weighted by molar-refractivity contribution is 8.14. The lowest BCUT2D eigenvalue weighted by Gasteiger charge is -1.95. The van der Waals surface area contributed by atoms with Crippen LogP contribution in [0.4, 0.5) is 0 Å². The lowest BCUT2D eigenvalue weighted by molar-refractivity contribution is 0.104. The number of aliphatic imine (C=N–C) groups is 1. The molecule has 0 bridgehead atoms. The SMILES string of the molecule is O=C(c1nc(C2=NCCS2)cs1)c1c[nH]c2ccccc12.[HH]. The van der Waals surface area contributed by atoms with Gasteiger partial charge in [0.25, 0.3) is 0 Å². The number of nitrogens with zero attached hydrogens (tertiary/aromatic N) is 2. The topological polar surface area (TPSA) is 58.1 Å². The first kappa shape index (κ1) is 12.8. The standard InChI is InChI=1S/C15H11N3OS2.H2/c19-13(10-7-17-11-4-2-1-3-9(10)11)15-18-12(8-21-15)14-16-5-6-20-14;/h1-4,7-8,17H,5-6H2;1H. The summed E-state index contributed by atoms with van der Waals surface area (Å²) in [6, 6.07) is 7.79. The van der Waals surface area contributed by atoms with Gasteiger partial charge in [-0.3, -0.25) is 9.79 Å². The Balaban J connectivity index is 0.00000144. The fraction of sp³-hybridized carbons (Fsp3) is 0.133. The molecule has 21 heavy (non-hydrogen) atoms. The lowest BCUT2D eigenvalue weighted by atomic mass is 10.1. The van der Waals surface area contributed by atoms with Gasteiger partial charge in [-0.15, -0.1) is 23.1 Å². The maximum atomic E-state index is 12.6. The highest BCUT2D eigenvalue weighted by atomic mass is 32.2. The molecule has 4 nitrogen and oxygen atoms in total. The van der Waals surface area contributed by atoms with Crippen LogP contribution in [0, 0.1) is 0 Å². The monoisotopic (exact) mass is 315 g/mol. The van der Waals surface area contributed by atoms with Gasteiger partial charge in [0.05, 0.1) is 5.56 Å².